The first-order valence-corrected chi connectivity index (χ1v) is 10.6. The summed E-state index contributed by atoms with van der Waals surface area (Å²) in [5, 5.41) is 2.61. The van der Waals surface area contributed by atoms with Gasteiger partial charge in [-0.05, 0) is 55.0 Å². The molecule has 0 aliphatic carbocycles. The fraction of sp³-hybridized carbons (Fsp3) is 0.174. The van der Waals surface area contributed by atoms with Crippen molar-refractivity contribution in [3.8, 4) is 0 Å². The Labute approximate surface area is 183 Å². The van der Waals surface area contributed by atoms with Gasteiger partial charge in [0.2, 0.25) is 11.8 Å². The molecule has 0 radical (unpaired) electrons. The van der Waals surface area contributed by atoms with Crippen LogP contribution < -0.4 is 5.32 Å². The number of amides is 2. The molecule has 31 heavy (non-hydrogen) atoms. The second kappa shape index (κ2) is 9.18. The minimum atomic E-state index is -0.613. The van der Waals surface area contributed by atoms with E-state index in [0.717, 1.165) is 11.3 Å². The molecule has 6 nitrogen and oxygen atoms in total. The summed E-state index contributed by atoms with van der Waals surface area (Å²) in [6.07, 6.45) is 1.52. The van der Waals surface area contributed by atoms with E-state index >= 15 is 0 Å². The summed E-state index contributed by atoms with van der Waals surface area (Å²) >= 11 is 1.26. The number of rotatable bonds is 6. The van der Waals surface area contributed by atoms with Crippen LogP contribution in [0.15, 0.2) is 76.3 Å². The average Bonchev–Trinajstić information content (AvgIpc) is 3.36. The van der Waals surface area contributed by atoms with E-state index in [1.165, 1.54) is 36.0 Å². The molecule has 3 aromatic rings. The Hall–Kier alpha value is -3.39. The normalized spacial score (nSPS) is 17.4. The van der Waals surface area contributed by atoms with E-state index < -0.39 is 5.25 Å². The number of para-hydroxylation sites is 1. The van der Waals surface area contributed by atoms with Crippen LogP contribution in [0.1, 0.15) is 17.7 Å². The predicted molar refractivity (Wildman–Crippen MR) is 119 cm³/mol. The van der Waals surface area contributed by atoms with Gasteiger partial charge in [0.25, 0.3) is 0 Å². The van der Waals surface area contributed by atoms with Gasteiger partial charge in [0, 0.05) is 12.1 Å². The zero-order valence-electron chi connectivity index (χ0n) is 16.7. The van der Waals surface area contributed by atoms with Crippen LogP contribution in [0.4, 0.5) is 15.8 Å². The molecule has 2 heterocycles. The topological polar surface area (TPSA) is 74.9 Å². The number of benzene rings is 2. The highest BCUT2D eigenvalue weighted by atomic mass is 32.2. The van der Waals surface area contributed by atoms with Gasteiger partial charge in [-0.1, -0.05) is 30.0 Å². The summed E-state index contributed by atoms with van der Waals surface area (Å²) in [5.74, 6) is -0.288. The fourth-order valence-corrected chi connectivity index (χ4v) is 4.28. The number of hydrogen-bond donors (Lipinski definition) is 1. The smallest absolute Gasteiger partial charge is 0.243 e. The van der Waals surface area contributed by atoms with Gasteiger partial charge in [-0.25, -0.2) is 9.38 Å². The van der Waals surface area contributed by atoms with Crippen LogP contribution in [0, 0.1) is 12.7 Å². The van der Waals surface area contributed by atoms with Gasteiger partial charge in [-0.3, -0.25) is 14.5 Å². The lowest BCUT2D eigenvalue weighted by molar-refractivity contribution is -0.128. The van der Waals surface area contributed by atoms with Gasteiger partial charge in [-0.15, -0.1) is 0 Å². The van der Waals surface area contributed by atoms with Gasteiger partial charge in [-0.2, -0.15) is 0 Å². The van der Waals surface area contributed by atoms with Crippen LogP contribution in [0.25, 0.3) is 0 Å². The van der Waals surface area contributed by atoms with Gasteiger partial charge >= 0.3 is 0 Å². The quantitative estimate of drug-likeness (QED) is 0.596. The summed E-state index contributed by atoms with van der Waals surface area (Å²) in [4.78, 5) is 31.8. The van der Waals surface area contributed by atoms with Crippen molar-refractivity contribution in [2.45, 2.75) is 25.1 Å². The average molecular weight is 437 g/mol. The van der Waals surface area contributed by atoms with Gasteiger partial charge in [0.15, 0.2) is 5.17 Å². The van der Waals surface area contributed by atoms with Crippen molar-refractivity contribution in [3.63, 3.8) is 0 Å². The van der Waals surface area contributed by atoms with E-state index in [1.807, 2.05) is 31.2 Å². The molecule has 0 spiro atoms. The van der Waals surface area contributed by atoms with Crippen molar-refractivity contribution in [1.29, 1.82) is 0 Å². The van der Waals surface area contributed by atoms with Crippen LogP contribution in [0.5, 0.6) is 0 Å². The van der Waals surface area contributed by atoms with Crippen molar-refractivity contribution >= 4 is 40.1 Å². The number of amidine groups is 1. The Morgan fingerprint density at radius 3 is 2.65 bits per heavy atom. The van der Waals surface area contributed by atoms with E-state index in [9.17, 15) is 14.0 Å². The van der Waals surface area contributed by atoms with Crippen LogP contribution in [-0.4, -0.2) is 27.1 Å². The van der Waals surface area contributed by atoms with E-state index in [-0.39, 0.29) is 30.6 Å². The predicted octanol–water partition coefficient (Wildman–Crippen LogP) is 4.89. The first kappa shape index (κ1) is 20.9. The molecule has 158 valence electrons. The number of aryl methyl sites for hydroxylation is 1. The molecular weight excluding hydrogens is 417 g/mol. The van der Waals surface area contributed by atoms with Crippen LogP contribution >= 0.6 is 11.8 Å². The lowest BCUT2D eigenvalue weighted by Gasteiger charge is -2.15. The summed E-state index contributed by atoms with van der Waals surface area (Å²) in [7, 11) is 0. The van der Waals surface area contributed by atoms with E-state index in [0.29, 0.717) is 16.6 Å². The summed E-state index contributed by atoms with van der Waals surface area (Å²) in [6.45, 7) is 2.19. The van der Waals surface area contributed by atoms with E-state index in [2.05, 4.69) is 5.32 Å². The number of anilines is 1. The number of nitrogens with one attached hydrogen (secondary N) is 1. The Morgan fingerprint density at radius 1 is 1.16 bits per heavy atom. The number of nitrogens with zero attached hydrogens (tertiary/aromatic N) is 2. The van der Waals surface area contributed by atoms with Crippen LogP contribution in [-0.2, 0) is 16.1 Å². The minimum Gasteiger partial charge on any atom is -0.467 e. The molecule has 1 fully saturated rings. The number of halogens is 1. The van der Waals surface area contributed by atoms with Gasteiger partial charge in [0.05, 0.1) is 18.5 Å². The zero-order valence-corrected chi connectivity index (χ0v) is 17.6. The number of hydrogen-bond acceptors (Lipinski definition) is 5. The van der Waals surface area contributed by atoms with Crippen molar-refractivity contribution in [2.75, 3.05) is 5.32 Å². The Balaban J connectivity index is 1.53. The van der Waals surface area contributed by atoms with Crippen molar-refractivity contribution in [2.24, 2.45) is 4.99 Å². The highest BCUT2D eigenvalue weighted by Crippen LogP contribution is 2.33. The maximum atomic E-state index is 13.1. The van der Waals surface area contributed by atoms with Gasteiger partial charge < -0.3 is 9.73 Å². The molecule has 1 aliphatic rings. The monoisotopic (exact) mass is 437 g/mol. The Bertz CT molecular complexity index is 1110. The van der Waals surface area contributed by atoms with Gasteiger partial charge in [0.1, 0.15) is 16.8 Å². The fourth-order valence-electron chi connectivity index (χ4n) is 3.13. The zero-order chi connectivity index (χ0) is 21.8. The lowest BCUT2D eigenvalue weighted by atomic mass is 10.2. The molecule has 1 aliphatic heterocycles. The summed E-state index contributed by atoms with van der Waals surface area (Å²) < 4.78 is 18.5. The molecule has 2 amide bonds. The number of carbonyl (C=O) groups is 2. The number of thioether (sulfide) groups is 1. The third-order valence-corrected chi connectivity index (χ3v) is 5.92. The van der Waals surface area contributed by atoms with Crippen LogP contribution in [0.3, 0.4) is 0 Å². The number of carbonyl (C=O) groups excluding carboxylic acids is 2. The molecule has 8 heteroatoms. The maximum absolute atomic E-state index is 13.1. The van der Waals surface area contributed by atoms with Crippen molar-refractivity contribution < 1.29 is 18.4 Å². The van der Waals surface area contributed by atoms with Crippen LogP contribution in [0.2, 0.25) is 0 Å². The molecule has 1 N–H and O–H groups in total. The van der Waals surface area contributed by atoms with Crippen molar-refractivity contribution in [3.05, 3.63) is 84.1 Å². The minimum absolute atomic E-state index is 0.0255. The molecule has 4 rings (SSSR count). The molecule has 1 saturated heterocycles. The Kier molecular flexibility index (Phi) is 6.18. The molecule has 0 bridgehead atoms. The second-order valence-corrected chi connectivity index (χ2v) is 8.22. The third kappa shape index (κ3) is 5.03. The lowest BCUT2D eigenvalue weighted by Crippen LogP contribution is -2.33. The molecule has 0 saturated carbocycles. The van der Waals surface area contributed by atoms with E-state index in [1.54, 1.807) is 23.3 Å². The molecular formula is C23H20FN3O3S. The maximum Gasteiger partial charge on any atom is 0.243 e. The highest BCUT2D eigenvalue weighted by Gasteiger charge is 2.39. The molecule has 1 aromatic heterocycles. The third-order valence-electron chi connectivity index (χ3n) is 4.74. The standard InChI is InChI=1S/C23H20FN3O3S/c1-15-5-2-3-7-19(15)26-23-27(14-18-6-4-12-30-18)22(29)20(31-23)13-21(28)25-17-10-8-16(24)9-11-17/h2-12,20H,13-14H2,1H3,(H,25,28). The molecule has 2 aromatic carbocycles. The van der Waals surface area contributed by atoms with Crippen molar-refractivity contribution in [1.82, 2.24) is 4.90 Å². The number of furan rings is 1. The second-order valence-electron chi connectivity index (χ2n) is 7.05. The summed E-state index contributed by atoms with van der Waals surface area (Å²) in [6, 6.07) is 16.7. The first-order valence-electron chi connectivity index (χ1n) is 9.70. The molecule has 1 atom stereocenters. The number of aliphatic imine (C=N–C) groups is 1. The molecule has 1 unspecified atom stereocenters. The first-order chi connectivity index (χ1) is 15.0. The SMILES string of the molecule is Cc1ccccc1N=C1SC(CC(=O)Nc2ccc(F)cc2)C(=O)N1Cc1ccco1. The highest BCUT2D eigenvalue weighted by molar-refractivity contribution is 8.15. The largest absolute Gasteiger partial charge is 0.467 e. The van der Waals surface area contributed by atoms with E-state index in [4.69, 9.17) is 9.41 Å². The Morgan fingerprint density at radius 2 is 1.94 bits per heavy atom. The summed E-state index contributed by atoms with van der Waals surface area (Å²) in [5.41, 5.74) is 2.22.